The van der Waals surface area contributed by atoms with E-state index in [2.05, 4.69) is 15.6 Å². The molecule has 5 aromatic rings. The lowest BCUT2D eigenvalue weighted by Gasteiger charge is -2.06. The van der Waals surface area contributed by atoms with Crippen molar-refractivity contribution in [3.63, 3.8) is 0 Å². The molecule has 35 heavy (non-hydrogen) atoms. The number of benzene rings is 3. The van der Waals surface area contributed by atoms with Crippen LogP contribution in [0, 0.1) is 6.92 Å². The summed E-state index contributed by atoms with van der Waals surface area (Å²) in [4.78, 5) is 37.8. The Labute approximate surface area is 200 Å². The second kappa shape index (κ2) is 9.34. The number of furan rings is 1. The molecule has 8 heteroatoms. The molecule has 0 radical (unpaired) electrons. The molecule has 0 atom stereocenters. The lowest BCUT2D eigenvalue weighted by Crippen LogP contribution is -2.25. The molecule has 1 amide bonds. The number of ketones is 1. The smallest absolute Gasteiger partial charge is 0.277 e. The third-order valence-corrected chi connectivity index (χ3v) is 5.87. The molecular weight excluding hydrogens is 444 g/mol. The second-order valence-electron chi connectivity index (χ2n) is 8.25. The van der Waals surface area contributed by atoms with Gasteiger partial charge in [0.05, 0.1) is 5.39 Å². The van der Waals surface area contributed by atoms with Gasteiger partial charge in [-0.25, -0.2) is 4.68 Å². The lowest BCUT2D eigenvalue weighted by atomic mass is 10.0. The van der Waals surface area contributed by atoms with Gasteiger partial charge in [0, 0.05) is 41.2 Å². The Hall–Kier alpha value is -4.59. The molecule has 8 nitrogen and oxygen atoms in total. The molecule has 174 valence electrons. The van der Waals surface area contributed by atoms with E-state index in [0.29, 0.717) is 34.2 Å². The van der Waals surface area contributed by atoms with E-state index in [1.54, 1.807) is 48.5 Å². The van der Waals surface area contributed by atoms with Crippen molar-refractivity contribution in [3.8, 4) is 0 Å². The van der Waals surface area contributed by atoms with Gasteiger partial charge in [-0.1, -0.05) is 47.7 Å². The number of anilines is 1. The summed E-state index contributed by atoms with van der Waals surface area (Å²) in [7, 11) is 0. The first-order valence-electron chi connectivity index (χ1n) is 11.3. The molecule has 0 aliphatic carbocycles. The molecule has 0 aliphatic rings. The van der Waals surface area contributed by atoms with Gasteiger partial charge in [0.2, 0.25) is 11.7 Å². The summed E-state index contributed by atoms with van der Waals surface area (Å²) in [6, 6.07) is 21.3. The van der Waals surface area contributed by atoms with Gasteiger partial charge in [-0.15, -0.1) is 5.10 Å². The molecule has 2 heterocycles. The number of carbonyl (C=O) groups is 2. The van der Waals surface area contributed by atoms with E-state index in [1.165, 1.54) is 4.68 Å². The minimum absolute atomic E-state index is 0.183. The maximum Gasteiger partial charge on any atom is 0.277 e. The SMILES string of the molecule is Cc1c(C(=O)c2ccccc2)oc2cc(NC(=O)CCCn3nnc4ccccc4c3=O)ccc12. The van der Waals surface area contributed by atoms with Crippen LogP contribution in [0.15, 0.2) is 82.0 Å². The van der Waals surface area contributed by atoms with Gasteiger partial charge < -0.3 is 9.73 Å². The largest absolute Gasteiger partial charge is 0.452 e. The summed E-state index contributed by atoms with van der Waals surface area (Å²) in [5, 5.41) is 12.2. The maximum absolute atomic E-state index is 12.8. The monoisotopic (exact) mass is 466 g/mol. The van der Waals surface area contributed by atoms with Gasteiger partial charge in [0.15, 0.2) is 5.76 Å². The van der Waals surface area contributed by atoms with E-state index in [9.17, 15) is 14.4 Å². The Morgan fingerprint density at radius 2 is 1.74 bits per heavy atom. The fraction of sp³-hybridized carbons (Fsp3) is 0.148. The highest BCUT2D eigenvalue weighted by atomic mass is 16.3. The number of carbonyl (C=O) groups excluding carboxylic acids is 2. The van der Waals surface area contributed by atoms with Crippen LogP contribution in [0.25, 0.3) is 21.9 Å². The van der Waals surface area contributed by atoms with E-state index < -0.39 is 0 Å². The topological polar surface area (TPSA) is 107 Å². The number of nitrogens with one attached hydrogen (secondary N) is 1. The number of aromatic nitrogens is 3. The fourth-order valence-corrected chi connectivity index (χ4v) is 4.02. The Morgan fingerprint density at radius 3 is 2.57 bits per heavy atom. The number of aryl methyl sites for hydroxylation is 2. The Bertz CT molecular complexity index is 1620. The van der Waals surface area contributed by atoms with Crippen LogP contribution in [-0.4, -0.2) is 26.7 Å². The third kappa shape index (κ3) is 4.46. The first-order valence-corrected chi connectivity index (χ1v) is 11.3. The lowest BCUT2D eigenvalue weighted by molar-refractivity contribution is -0.116. The second-order valence-corrected chi connectivity index (χ2v) is 8.25. The number of hydrogen-bond acceptors (Lipinski definition) is 6. The van der Waals surface area contributed by atoms with E-state index in [-0.39, 0.29) is 36.0 Å². The van der Waals surface area contributed by atoms with Crippen molar-refractivity contribution in [2.75, 3.05) is 5.32 Å². The van der Waals surface area contributed by atoms with Gasteiger partial charge >= 0.3 is 0 Å². The van der Waals surface area contributed by atoms with Crippen molar-refractivity contribution in [2.45, 2.75) is 26.3 Å². The normalized spacial score (nSPS) is 11.1. The summed E-state index contributed by atoms with van der Waals surface area (Å²) in [6.45, 7) is 2.13. The molecule has 2 aromatic heterocycles. The van der Waals surface area contributed by atoms with Gasteiger partial charge in [-0.05, 0) is 37.6 Å². The van der Waals surface area contributed by atoms with Crippen LogP contribution in [-0.2, 0) is 11.3 Å². The zero-order valence-corrected chi connectivity index (χ0v) is 19.0. The van der Waals surface area contributed by atoms with Gasteiger partial charge in [0.1, 0.15) is 11.1 Å². The summed E-state index contributed by atoms with van der Waals surface area (Å²) >= 11 is 0. The standard InChI is InChI=1S/C27H22N4O4/c1-17-20-14-13-19(16-23(20)35-26(17)25(33)18-8-3-2-4-9-18)28-24(32)12-7-15-31-27(34)21-10-5-6-11-22(21)29-30-31/h2-6,8-11,13-14,16H,7,12,15H2,1H3,(H,28,32). The van der Waals surface area contributed by atoms with Crippen molar-refractivity contribution in [3.05, 3.63) is 100 Å². The molecule has 0 spiro atoms. The summed E-state index contributed by atoms with van der Waals surface area (Å²) in [6.07, 6.45) is 0.629. The van der Waals surface area contributed by atoms with Gasteiger partial charge in [0.25, 0.3) is 5.56 Å². The highest BCUT2D eigenvalue weighted by Gasteiger charge is 2.19. The number of hydrogen-bond donors (Lipinski definition) is 1. The van der Waals surface area contributed by atoms with Crippen LogP contribution in [0.5, 0.6) is 0 Å². The van der Waals surface area contributed by atoms with Crippen molar-refractivity contribution in [2.24, 2.45) is 0 Å². The highest BCUT2D eigenvalue weighted by Crippen LogP contribution is 2.29. The van der Waals surface area contributed by atoms with E-state index in [4.69, 9.17) is 4.42 Å². The average molecular weight is 466 g/mol. The molecule has 3 aromatic carbocycles. The van der Waals surface area contributed by atoms with Crippen LogP contribution >= 0.6 is 0 Å². The highest BCUT2D eigenvalue weighted by molar-refractivity contribution is 6.10. The molecule has 0 saturated heterocycles. The van der Waals surface area contributed by atoms with Crippen molar-refractivity contribution >= 4 is 39.2 Å². The predicted octanol–water partition coefficient (Wildman–Crippen LogP) is 4.50. The number of rotatable bonds is 7. The van der Waals surface area contributed by atoms with Crippen LogP contribution in [0.4, 0.5) is 5.69 Å². The van der Waals surface area contributed by atoms with Crippen LogP contribution < -0.4 is 10.9 Å². The van der Waals surface area contributed by atoms with E-state index in [1.807, 2.05) is 31.2 Å². The van der Waals surface area contributed by atoms with Crippen LogP contribution in [0.1, 0.15) is 34.5 Å². The van der Waals surface area contributed by atoms with Crippen LogP contribution in [0.2, 0.25) is 0 Å². The van der Waals surface area contributed by atoms with Crippen molar-refractivity contribution in [1.82, 2.24) is 15.0 Å². The first kappa shape index (κ1) is 22.2. The molecular formula is C27H22N4O4. The number of nitrogens with zero attached hydrogens (tertiary/aromatic N) is 3. The third-order valence-electron chi connectivity index (χ3n) is 5.87. The fourth-order valence-electron chi connectivity index (χ4n) is 4.02. The average Bonchev–Trinajstić information content (AvgIpc) is 3.21. The maximum atomic E-state index is 12.8. The summed E-state index contributed by atoms with van der Waals surface area (Å²) < 4.78 is 7.15. The predicted molar refractivity (Wildman–Crippen MR) is 132 cm³/mol. The molecule has 5 rings (SSSR count). The Kier molecular flexibility index (Phi) is 5.93. The molecule has 0 bridgehead atoms. The molecule has 0 saturated carbocycles. The number of fused-ring (bicyclic) bond motifs is 2. The first-order chi connectivity index (χ1) is 17.0. The minimum atomic E-state index is -0.226. The molecule has 0 aliphatic heterocycles. The Morgan fingerprint density at radius 1 is 0.971 bits per heavy atom. The summed E-state index contributed by atoms with van der Waals surface area (Å²) in [5.74, 6) is -0.0939. The minimum Gasteiger partial charge on any atom is -0.452 e. The van der Waals surface area contributed by atoms with Crippen LogP contribution in [0.3, 0.4) is 0 Å². The molecule has 0 fully saturated rings. The zero-order valence-electron chi connectivity index (χ0n) is 19.0. The van der Waals surface area contributed by atoms with Crippen molar-refractivity contribution < 1.29 is 14.0 Å². The molecule has 0 unspecified atom stereocenters. The Balaban J connectivity index is 1.25. The van der Waals surface area contributed by atoms with Crippen molar-refractivity contribution in [1.29, 1.82) is 0 Å². The summed E-state index contributed by atoms with van der Waals surface area (Å²) in [5.41, 5.74) is 2.72. The van der Waals surface area contributed by atoms with E-state index in [0.717, 1.165) is 10.9 Å². The van der Waals surface area contributed by atoms with E-state index >= 15 is 0 Å². The van der Waals surface area contributed by atoms with Gasteiger partial charge in [-0.2, -0.15) is 0 Å². The van der Waals surface area contributed by atoms with Gasteiger partial charge in [-0.3, -0.25) is 14.4 Å². The number of amides is 1. The quantitative estimate of drug-likeness (QED) is 0.354. The zero-order chi connectivity index (χ0) is 24.4. The molecule has 1 N–H and O–H groups in total.